The molecule has 1 amide bonds. The molecule has 0 aliphatic rings. The monoisotopic (exact) mass is 471 g/mol. The Bertz CT molecular complexity index is 1170. The van der Waals surface area contributed by atoms with Crippen molar-refractivity contribution in [1.82, 2.24) is 5.32 Å². The minimum Gasteiger partial charge on any atom is -0.445 e. The van der Waals surface area contributed by atoms with Gasteiger partial charge in [-0.25, -0.2) is 14.4 Å². The van der Waals surface area contributed by atoms with Gasteiger partial charge in [0.1, 0.15) is 18.2 Å². The highest BCUT2D eigenvalue weighted by Crippen LogP contribution is 2.32. The normalized spacial score (nSPS) is 11.7. The van der Waals surface area contributed by atoms with E-state index in [1.54, 1.807) is 6.07 Å². The number of benzene rings is 2. The number of alkyl carbamates (subject to hydrolysis) is 1. The molecule has 0 aliphatic heterocycles. The number of hydrogen-bond acceptors (Lipinski definition) is 6. The zero-order valence-corrected chi connectivity index (χ0v) is 19.3. The maximum absolute atomic E-state index is 12.8. The van der Waals surface area contributed by atoms with Crippen LogP contribution in [0.15, 0.2) is 57.7 Å². The SMILES string of the molecule is CCCc1cc(=O)oc2cc(OC(=O)[C@@H](CCC)NC(=O)OCc3ccccc3)c(Cl)cc12. The molecule has 0 saturated carbocycles. The van der Waals surface area contributed by atoms with Gasteiger partial charge in [-0.05, 0) is 30.0 Å². The molecule has 3 rings (SSSR count). The minimum atomic E-state index is -0.927. The molecule has 1 atom stereocenters. The molecule has 0 radical (unpaired) electrons. The summed E-state index contributed by atoms with van der Waals surface area (Å²) in [6, 6.07) is 12.8. The van der Waals surface area contributed by atoms with Crippen molar-refractivity contribution in [3.8, 4) is 5.75 Å². The first kappa shape index (κ1) is 24.3. The Labute approximate surface area is 196 Å². The second kappa shape index (κ2) is 11.5. The van der Waals surface area contributed by atoms with Gasteiger partial charge in [-0.15, -0.1) is 0 Å². The standard InChI is InChI=1S/C25H26ClNO6/c1-3-8-17-12-23(28)32-21-14-22(19(26)13-18(17)21)33-24(29)20(9-4-2)27-25(30)31-15-16-10-6-5-7-11-16/h5-7,10-14,20H,3-4,8-9,15H2,1-2H3,(H,27,30)/t20-/m1/s1. The largest absolute Gasteiger partial charge is 0.445 e. The van der Waals surface area contributed by atoms with E-state index < -0.39 is 23.7 Å². The Balaban J connectivity index is 1.73. The molecule has 174 valence electrons. The molecule has 0 aliphatic carbocycles. The van der Waals surface area contributed by atoms with E-state index in [1.165, 1.54) is 12.1 Å². The molecule has 2 aromatic carbocycles. The highest BCUT2D eigenvalue weighted by Gasteiger charge is 2.24. The number of esters is 1. The van der Waals surface area contributed by atoms with Gasteiger partial charge < -0.3 is 19.2 Å². The molecule has 3 aromatic rings. The van der Waals surface area contributed by atoms with Gasteiger partial charge in [-0.3, -0.25) is 0 Å². The highest BCUT2D eigenvalue weighted by atomic mass is 35.5. The zero-order valence-electron chi connectivity index (χ0n) is 18.6. The number of amides is 1. The van der Waals surface area contributed by atoms with Crippen LogP contribution in [0.25, 0.3) is 11.0 Å². The summed E-state index contributed by atoms with van der Waals surface area (Å²) in [5, 5.41) is 3.43. The molecular weight excluding hydrogens is 446 g/mol. The van der Waals surface area contributed by atoms with Crippen molar-refractivity contribution in [2.75, 3.05) is 0 Å². The Kier molecular flexibility index (Phi) is 8.49. The van der Waals surface area contributed by atoms with Crippen LogP contribution in [0.4, 0.5) is 4.79 Å². The molecule has 1 aromatic heterocycles. The molecule has 0 fully saturated rings. The number of fused-ring (bicyclic) bond motifs is 1. The van der Waals surface area contributed by atoms with E-state index in [4.69, 9.17) is 25.5 Å². The maximum atomic E-state index is 12.8. The number of aryl methyl sites for hydroxylation is 1. The number of rotatable bonds is 9. The van der Waals surface area contributed by atoms with Crippen LogP contribution < -0.4 is 15.7 Å². The first-order valence-corrected chi connectivity index (χ1v) is 11.2. The van der Waals surface area contributed by atoms with E-state index in [0.29, 0.717) is 24.6 Å². The average molecular weight is 472 g/mol. The predicted octanol–water partition coefficient (Wildman–Crippen LogP) is 5.40. The summed E-state index contributed by atoms with van der Waals surface area (Å²) in [7, 11) is 0. The highest BCUT2D eigenvalue weighted by molar-refractivity contribution is 6.33. The molecule has 7 nitrogen and oxygen atoms in total. The second-order valence-corrected chi connectivity index (χ2v) is 8.00. The van der Waals surface area contributed by atoms with Gasteiger partial charge in [0, 0.05) is 17.5 Å². The molecule has 0 spiro atoms. The fourth-order valence-corrected chi connectivity index (χ4v) is 3.61. The van der Waals surface area contributed by atoms with Crippen LogP contribution in [0, 0.1) is 0 Å². The summed E-state index contributed by atoms with van der Waals surface area (Å²) in [4.78, 5) is 36.9. The van der Waals surface area contributed by atoms with Crippen molar-refractivity contribution >= 4 is 34.6 Å². The Morgan fingerprint density at radius 3 is 2.55 bits per heavy atom. The quantitative estimate of drug-likeness (QED) is 0.255. The van der Waals surface area contributed by atoms with Gasteiger partial charge in [-0.1, -0.05) is 68.6 Å². The molecule has 33 heavy (non-hydrogen) atoms. The lowest BCUT2D eigenvalue weighted by atomic mass is 10.1. The van der Waals surface area contributed by atoms with Crippen LogP contribution >= 0.6 is 11.6 Å². The van der Waals surface area contributed by atoms with Crippen LogP contribution in [0.3, 0.4) is 0 Å². The van der Waals surface area contributed by atoms with Crippen LogP contribution in [0.2, 0.25) is 5.02 Å². The molecule has 0 unspecified atom stereocenters. The summed E-state index contributed by atoms with van der Waals surface area (Å²) < 4.78 is 15.9. The van der Waals surface area contributed by atoms with E-state index in [-0.39, 0.29) is 23.0 Å². The second-order valence-electron chi connectivity index (χ2n) is 7.59. The van der Waals surface area contributed by atoms with Crippen LogP contribution in [-0.4, -0.2) is 18.1 Å². The van der Waals surface area contributed by atoms with Crippen molar-refractivity contribution in [1.29, 1.82) is 0 Å². The number of nitrogens with one attached hydrogen (secondary N) is 1. The first-order chi connectivity index (χ1) is 15.9. The van der Waals surface area contributed by atoms with Crippen molar-refractivity contribution in [3.63, 3.8) is 0 Å². The van der Waals surface area contributed by atoms with Gasteiger partial charge in [0.15, 0.2) is 5.75 Å². The van der Waals surface area contributed by atoms with Gasteiger partial charge in [0.25, 0.3) is 0 Å². The fraction of sp³-hybridized carbons (Fsp3) is 0.320. The van der Waals surface area contributed by atoms with Crippen molar-refractivity contribution in [3.05, 3.63) is 75.1 Å². The number of carbonyl (C=O) groups excluding carboxylic acids is 2. The van der Waals surface area contributed by atoms with Crippen molar-refractivity contribution in [2.24, 2.45) is 0 Å². The average Bonchev–Trinajstić information content (AvgIpc) is 2.79. The van der Waals surface area contributed by atoms with E-state index in [2.05, 4.69) is 5.32 Å². The molecule has 1 heterocycles. The summed E-state index contributed by atoms with van der Waals surface area (Å²) in [6.07, 6.45) is 1.77. The smallest absolute Gasteiger partial charge is 0.408 e. The summed E-state index contributed by atoms with van der Waals surface area (Å²) in [5.74, 6) is -0.645. The summed E-state index contributed by atoms with van der Waals surface area (Å²) >= 11 is 6.36. The molecule has 8 heteroatoms. The lowest BCUT2D eigenvalue weighted by molar-refractivity contribution is -0.136. The first-order valence-electron chi connectivity index (χ1n) is 10.9. The van der Waals surface area contributed by atoms with E-state index >= 15 is 0 Å². The van der Waals surface area contributed by atoms with Gasteiger partial charge in [-0.2, -0.15) is 0 Å². The van der Waals surface area contributed by atoms with Crippen LogP contribution in [0.1, 0.15) is 44.2 Å². The number of hydrogen-bond donors (Lipinski definition) is 1. The number of halogens is 1. The van der Waals surface area contributed by atoms with Gasteiger partial charge in [0.05, 0.1) is 5.02 Å². The van der Waals surface area contributed by atoms with Gasteiger partial charge in [0.2, 0.25) is 0 Å². The lowest BCUT2D eigenvalue weighted by Crippen LogP contribution is -2.43. The minimum absolute atomic E-state index is 0.0477. The summed E-state index contributed by atoms with van der Waals surface area (Å²) in [6.45, 7) is 3.96. The summed E-state index contributed by atoms with van der Waals surface area (Å²) in [5.41, 5.74) is 1.43. The molecule has 0 saturated heterocycles. The molecule has 1 N–H and O–H groups in total. The lowest BCUT2D eigenvalue weighted by Gasteiger charge is -2.17. The molecular formula is C25H26ClNO6. The third kappa shape index (κ3) is 6.58. The number of carbonyl (C=O) groups is 2. The Morgan fingerprint density at radius 2 is 1.85 bits per heavy atom. The predicted molar refractivity (Wildman–Crippen MR) is 126 cm³/mol. The van der Waals surface area contributed by atoms with Gasteiger partial charge >= 0.3 is 17.7 Å². The molecule has 0 bridgehead atoms. The maximum Gasteiger partial charge on any atom is 0.408 e. The third-order valence-corrected chi connectivity index (χ3v) is 5.27. The Hall–Kier alpha value is -3.32. The Morgan fingerprint density at radius 1 is 1.09 bits per heavy atom. The van der Waals surface area contributed by atoms with E-state index in [9.17, 15) is 14.4 Å². The topological polar surface area (TPSA) is 94.8 Å². The van der Waals surface area contributed by atoms with Crippen LogP contribution in [-0.2, 0) is 22.6 Å². The third-order valence-electron chi connectivity index (χ3n) is 4.98. The van der Waals surface area contributed by atoms with Crippen LogP contribution in [0.5, 0.6) is 5.75 Å². The van der Waals surface area contributed by atoms with E-state index in [1.807, 2.05) is 44.2 Å². The number of ether oxygens (including phenoxy) is 2. The van der Waals surface area contributed by atoms with Crippen molar-refractivity contribution in [2.45, 2.75) is 52.2 Å². The van der Waals surface area contributed by atoms with Crippen molar-refractivity contribution < 1.29 is 23.5 Å². The fourth-order valence-electron chi connectivity index (χ4n) is 3.41. The van der Waals surface area contributed by atoms with E-state index in [0.717, 1.165) is 17.5 Å². The zero-order chi connectivity index (χ0) is 23.8.